The number of ether oxygens (including phenoxy) is 1. The van der Waals surface area contributed by atoms with Gasteiger partial charge in [-0.25, -0.2) is 4.39 Å². The summed E-state index contributed by atoms with van der Waals surface area (Å²) in [7, 11) is 2.22. The molecule has 2 atom stereocenters. The Balaban J connectivity index is 1.96. The van der Waals surface area contributed by atoms with Crippen molar-refractivity contribution in [2.24, 2.45) is 0 Å². The van der Waals surface area contributed by atoms with Gasteiger partial charge in [0.1, 0.15) is 18.9 Å². The lowest BCUT2D eigenvalue weighted by Crippen LogP contribution is -2.55. The molecule has 3 nitrogen and oxygen atoms in total. The summed E-state index contributed by atoms with van der Waals surface area (Å²) >= 11 is 0. The maximum absolute atomic E-state index is 13.3. The lowest BCUT2D eigenvalue weighted by atomic mass is 9.78. The lowest BCUT2D eigenvalue weighted by molar-refractivity contribution is -0.919. The minimum atomic E-state index is -1.09. The van der Waals surface area contributed by atoms with Gasteiger partial charge in [0.2, 0.25) is 0 Å². The van der Waals surface area contributed by atoms with Crippen molar-refractivity contribution in [2.45, 2.75) is 18.4 Å². The van der Waals surface area contributed by atoms with E-state index in [4.69, 9.17) is 4.74 Å². The van der Waals surface area contributed by atoms with Gasteiger partial charge in [-0.05, 0) is 30.2 Å². The van der Waals surface area contributed by atoms with Crippen LogP contribution in [0.2, 0.25) is 0 Å². The summed E-state index contributed by atoms with van der Waals surface area (Å²) in [6.45, 7) is 6.00. The average molecular weight is 344 g/mol. The van der Waals surface area contributed by atoms with Crippen LogP contribution in [0.4, 0.5) is 4.39 Å². The number of aliphatic hydroxyl groups is 1. The van der Waals surface area contributed by atoms with E-state index in [1.165, 1.54) is 12.1 Å². The van der Waals surface area contributed by atoms with Crippen LogP contribution >= 0.6 is 0 Å². The molecule has 0 saturated carbocycles. The van der Waals surface area contributed by atoms with Crippen LogP contribution in [-0.2, 0) is 10.3 Å². The highest BCUT2D eigenvalue weighted by molar-refractivity contribution is 5.31. The molecule has 25 heavy (non-hydrogen) atoms. The number of hydrogen-bond acceptors (Lipinski definition) is 2. The Kier molecular flexibility index (Phi) is 5.23. The van der Waals surface area contributed by atoms with Gasteiger partial charge < -0.3 is 14.3 Å². The zero-order valence-corrected chi connectivity index (χ0v) is 15.0. The average Bonchev–Trinajstić information content (AvgIpc) is 2.61. The van der Waals surface area contributed by atoms with Crippen molar-refractivity contribution in [1.29, 1.82) is 0 Å². The Morgan fingerprint density at radius 1 is 1.08 bits per heavy atom. The summed E-state index contributed by atoms with van der Waals surface area (Å²) in [6.07, 6.45) is 0. The van der Waals surface area contributed by atoms with Crippen LogP contribution in [0.3, 0.4) is 0 Å². The first kappa shape index (κ1) is 18.1. The Labute approximate surface area is 149 Å². The first-order valence-corrected chi connectivity index (χ1v) is 8.85. The number of quaternary nitrogens is 1. The summed E-state index contributed by atoms with van der Waals surface area (Å²) in [6, 6.07) is 16.3. The van der Waals surface area contributed by atoms with Gasteiger partial charge in [0.15, 0.2) is 0 Å². The molecule has 2 aromatic rings. The second-order valence-electron chi connectivity index (χ2n) is 7.48. The van der Waals surface area contributed by atoms with Crippen LogP contribution in [0.25, 0.3) is 0 Å². The van der Waals surface area contributed by atoms with E-state index in [2.05, 4.69) is 19.2 Å². The van der Waals surface area contributed by atoms with E-state index in [-0.39, 0.29) is 11.7 Å². The SMILES string of the molecule is C[C@](O)(c1ccc(F)cc1)[C@H](C[N+]1(C)CCOCC1)c1ccccc1. The molecule has 1 heterocycles. The largest absolute Gasteiger partial charge is 0.385 e. The van der Waals surface area contributed by atoms with Gasteiger partial charge >= 0.3 is 0 Å². The monoisotopic (exact) mass is 344 g/mol. The van der Waals surface area contributed by atoms with Crippen molar-refractivity contribution in [3.63, 3.8) is 0 Å². The van der Waals surface area contributed by atoms with Crippen molar-refractivity contribution in [3.05, 3.63) is 71.5 Å². The first-order valence-electron chi connectivity index (χ1n) is 8.85. The second-order valence-corrected chi connectivity index (χ2v) is 7.48. The molecule has 2 aromatic carbocycles. The zero-order chi connectivity index (χ0) is 17.9. The van der Waals surface area contributed by atoms with Crippen molar-refractivity contribution in [1.82, 2.24) is 0 Å². The number of hydrogen-bond donors (Lipinski definition) is 1. The lowest BCUT2D eigenvalue weighted by Gasteiger charge is -2.43. The number of nitrogens with zero attached hydrogens (tertiary/aromatic N) is 1. The highest BCUT2D eigenvalue weighted by Gasteiger charge is 2.41. The summed E-state index contributed by atoms with van der Waals surface area (Å²) in [5, 5.41) is 11.5. The fraction of sp³-hybridized carbons (Fsp3) is 0.429. The maximum Gasteiger partial charge on any atom is 0.123 e. The van der Waals surface area contributed by atoms with Crippen LogP contribution in [0.5, 0.6) is 0 Å². The fourth-order valence-corrected chi connectivity index (χ4v) is 3.69. The molecular formula is C21H27FNO2+. The second kappa shape index (κ2) is 7.24. The molecule has 0 amide bonds. The van der Waals surface area contributed by atoms with Gasteiger partial charge in [0.05, 0.1) is 38.3 Å². The third-order valence-electron chi connectivity index (χ3n) is 5.48. The van der Waals surface area contributed by atoms with Gasteiger partial charge in [0.25, 0.3) is 0 Å². The topological polar surface area (TPSA) is 29.5 Å². The van der Waals surface area contributed by atoms with Crippen LogP contribution in [0, 0.1) is 5.82 Å². The van der Waals surface area contributed by atoms with E-state index in [0.29, 0.717) is 0 Å². The molecular weight excluding hydrogens is 317 g/mol. The molecule has 0 bridgehead atoms. The summed E-state index contributed by atoms with van der Waals surface area (Å²) in [5.74, 6) is -0.384. The molecule has 1 N–H and O–H groups in total. The number of morpholine rings is 1. The van der Waals surface area contributed by atoms with E-state index >= 15 is 0 Å². The maximum atomic E-state index is 13.3. The quantitative estimate of drug-likeness (QED) is 0.844. The molecule has 1 aliphatic heterocycles. The van der Waals surface area contributed by atoms with Crippen molar-refractivity contribution in [2.75, 3.05) is 39.9 Å². The van der Waals surface area contributed by atoms with Gasteiger partial charge in [-0.15, -0.1) is 0 Å². The molecule has 134 valence electrons. The smallest absolute Gasteiger partial charge is 0.123 e. The van der Waals surface area contributed by atoms with E-state index < -0.39 is 5.60 Å². The number of rotatable bonds is 5. The Morgan fingerprint density at radius 3 is 2.28 bits per heavy atom. The predicted molar refractivity (Wildman–Crippen MR) is 96.8 cm³/mol. The third kappa shape index (κ3) is 4.09. The molecule has 0 radical (unpaired) electrons. The minimum absolute atomic E-state index is 0.0951. The number of benzene rings is 2. The molecule has 3 rings (SSSR count). The van der Waals surface area contributed by atoms with Crippen LogP contribution < -0.4 is 0 Å². The zero-order valence-electron chi connectivity index (χ0n) is 15.0. The van der Waals surface area contributed by atoms with Crippen LogP contribution in [0.15, 0.2) is 54.6 Å². The molecule has 0 aromatic heterocycles. The fourth-order valence-electron chi connectivity index (χ4n) is 3.69. The van der Waals surface area contributed by atoms with Crippen LogP contribution in [-0.4, -0.2) is 49.5 Å². The van der Waals surface area contributed by atoms with E-state index in [9.17, 15) is 9.50 Å². The van der Waals surface area contributed by atoms with Crippen LogP contribution in [0.1, 0.15) is 24.0 Å². The van der Waals surface area contributed by atoms with Gasteiger partial charge in [-0.2, -0.15) is 0 Å². The molecule has 0 aliphatic carbocycles. The summed E-state index contributed by atoms with van der Waals surface area (Å²) in [4.78, 5) is 0. The van der Waals surface area contributed by atoms with Crippen molar-refractivity contribution < 1.29 is 18.7 Å². The minimum Gasteiger partial charge on any atom is -0.385 e. The normalized spacial score (nSPS) is 20.6. The first-order chi connectivity index (χ1) is 11.9. The van der Waals surface area contributed by atoms with Crippen molar-refractivity contribution in [3.8, 4) is 0 Å². The standard InChI is InChI=1S/C21H27FNO2/c1-21(24,18-8-10-19(22)11-9-18)20(17-6-4-3-5-7-17)16-23(2)12-14-25-15-13-23/h3-11,20,24H,12-16H2,1-2H3/q+1/t20-,21+/m1/s1. The number of halogens is 1. The molecule has 0 spiro atoms. The summed E-state index contributed by atoms with van der Waals surface area (Å²) in [5.41, 5.74) is 0.750. The van der Waals surface area contributed by atoms with Crippen molar-refractivity contribution >= 4 is 0 Å². The van der Waals surface area contributed by atoms with E-state index in [1.54, 1.807) is 12.1 Å². The molecule has 4 heteroatoms. The van der Waals surface area contributed by atoms with Gasteiger partial charge in [-0.1, -0.05) is 42.5 Å². The summed E-state index contributed by atoms with van der Waals surface area (Å²) < 4.78 is 19.7. The Morgan fingerprint density at radius 2 is 1.68 bits per heavy atom. The predicted octanol–water partition coefficient (Wildman–Crippen LogP) is 3.29. The Bertz CT molecular complexity index is 679. The third-order valence-corrected chi connectivity index (χ3v) is 5.48. The molecule has 1 saturated heterocycles. The van der Waals surface area contributed by atoms with Gasteiger partial charge in [0, 0.05) is 0 Å². The number of likely N-dealkylation sites (N-methyl/N-ethyl adjacent to an activating group) is 1. The van der Waals surface area contributed by atoms with Gasteiger partial charge in [-0.3, -0.25) is 0 Å². The highest BCUT2D eigenvalue weighted by atomic mass is 19.1. The van der Waals surface area contributed by atoms with E-state index in [1.807, 2.05) is 25.1 Å². The molecule has 1 fully saturated rings. The molecule has 0 unspecified atom stereocenters. The highest BCUT2D eigenvalue weighted by Crippen LogP contribution is 2.38. The molecule has 1 aliphatic rings. The van der Waals surface area contributed by atoms with E-state index in [0.717, 1.165) is 48.5 Å². The Hall–Kier alpha value is -1.75.